The van der Waals surface area contributed by atoms with Gasteiger partial charge >= 0.3 is 0 Å². The fraction of sp³-hybridized carbons (Fsp3) is 0.0870. The van der Waals surface area contributed by atoms with Crippen LogP contribution >= 0.6 is 0 Å². The van der Waals surface area contributed by atoms with Crippen molar-refractivity contribution in [1.82, 2.24) is 0 Å². The second-order valence-corrected chi connectivity index (χ2v) is 6.06. The fourth-order valence-corrected chi connectivity index (χ4v) is 3.45. The van der Waals surface area contributed by atoms with Gasteiger partial charge in [0.05, 0.1) is 14.2 Å². The second-order valence-electron chi connectivity index (χ2n) is 6.06. The molecule has 0 unspecified atom stereocenters. The number of hydrogen-bond donors (Lipinski definition) is 0. The summed E-state index contributed by atoms with van der Waals surface area (Å²) in [5.74, 6) is 1.23. The summed E-state index contributed by atoms with van der Waals surface area (Å²) in [7, 11) is 3.20. The summed E-state index contributed by atoms with van der Waals surface area (Å²) < 4.78 is 11.0. The van der Waals surface area contributed by atoms with E-state index in [0.717, 1.165) is 22.3 Å². The number of hydrogen-bond acceptors (Lipinski definition) is 3. The first-order valence-corrected chi connectivity index (χ1v) is 8.40. The zero-order chi connectivity index (χ0) is 18.1. The lowest BCUT2D eigenvalue weighted by molar-refractivity contribution is 0.105. The third kappa shape index (κ3) is 2.49. The molecule has 4 rings (SSSR count). The lowest BCUT2D eigenvalue weighted by atomic mass is 9.94. The minimum Gasteiger partial charge on any atom is -0.497 e. The van der Waals surface area contributed by atoms with Gasteiger partial charge in [-0.3, -0.25) is 4.79 Å². The minimum absolute atomic E-state index is 0.0118. The van der Waals surface area contributed by atoms with Crippen LogP contribution in [0.1, 0.15) is 27.0 Å². The van der Waals surface area contributed by atoms with Crippen molar-refractivity contribution in [1.29, 1.82) is 0 Å². The van der Waals surface area contributed by atoms with Crippen molar-refractivity contribution >= 4 is 16.9 Å². The molecule has 3 nitrogen and oxygen atoms in total. The maximum atomic E-state index is 13.3. The molecule has 0 heterocycles. The number of carbonyl (C=O) groups is 1. The number of ether oxygens (including phenoxy) is 2. The van der Waals surface area contributed by atoms with E-state index in [0.29, 0.717) is 22.6 Å². The largest absolute Gasteiger partial charge is 0.497 e. The van der Waals surface area contributed by atoms with Crippen LogP contribution in [-0.4, -0.2) is 20.0 Å². The Labute approximate surface area is 152 Å². The Morgan fingerprint density at radius 3 is 1.81 bits per heavy atom. The molecule has 26 heavy (non-hydrogen) atoms. The SMILES string of the molecule is COc1cc(OC)c2c(c1)C(=O)C(c1ccccc1)=C2c1ccccc1. The minimum atomic E-state index is -0.0118. The molecule has 0 N–H and O–H groups in total. The smallest absolute Gasteiger partial charge is 0.195 e. The summed E-state index contributed by atoms with van der Waals surface area (Å²) >= 11 is 0. The molecule has 3 heteroatoms. The van der Waals surface area contributed by atoms with Crippen LogP contribution in [0.4, 0.5) is 0 Å². The van der Waals surface area contributed by atoms with E-state index in [1.807, 2.05) is 66.7 Å². The van der Waals surface area contributed by atoms with E-state index in [1.165, 1.54) is 0 Å². The number of allylic oxidation sites excluding steroid dienone is 1. The predicted octanol–water partition coefficient (Wildman–Crippen LogP) is 4.86. The van der Waals surface area contributed by atoms with Crippen molar-refractivity contribution in [2.75, 3.05) is 14.2 Å². The Morgan fingerprint density at radius 1 is 0.692 bits per heavy atom. The average molecular weight is 342 g/mol. The van der Waals surface area contributed by atoms with E-state index in [4.69, 9.17) is 9.47 Å². The van der Waals surface area contributed by atoms with Crippen LogP contribution in [0.3, 0.4) is 0 Å². The predicted molar refractivity (Wildman–Crippen MR) is 103 cm³/mol. The van der Waals surface area contributed by atoms with Crippen molar-refractivity contribution in [3.05, 3.63) is 95.1 Å². The molecule has 0 bridgehead atoms. The number of ketones is 1. The topological polar surface area (TPSA) is 35.5 Å². The van der Waals surface area contributed by atoms with Gasteiger partial charge in [-0.2, -0.15) is 0 Å². The highest BCUT2D eigenvalue weighted by Crippen LogP contribution is 2.47. The molecular weight excluding hydrogens is 324 g/mol. The monoisotopic (exact) mass is 342 g/mol. The molecule has 3 aromatic rings. The molecule has 0 saturated heterocycles. The van der Waals surface area contributed by atoms with E-state index in [2.05, 4.69) is 0 Å². The van der Waals surface area contributed by atoms with Crippen LogP contribution in [0.25, 0.3) is 11.1 Å². The van der Waals surface area contributed by atoms with Crippen LogP contribution in [0.15, 0.2) is 72.8 Å². The van der Waals surface area contributed by atoms with Crippen LogP contribution in [0, 0.1) is 0 Å². The maximum Gasteiger partial charge on any atom is 0.195 e. The molecule has 0 saturated carbocycles. The molecule has 0 aromatic heterocycles. The molecule has 0 fully saturated rings. The van der Waals surface area contributed by atoms with Gasteiger partial charge in [0.1, 0.15) is 11.5 Å². The average Bonchev–Trinajstić information content (AvgIpc) is 3.01. The Morgan fingerprint density at radius 2 is 1.27 bits per heavy atom. The summed E-state index contributed by atoms with van der Waals surface area (Å²) in [6.45, 7) is 0. The first kappa shape index (κ1) is 16.2. The zero-order valence-corrected chi connectivity index (χ0v) is 14.7. The first-order chi connectivity index (χ1) is 12.7. The Kier molecular flexibility index (Phi) is 4.05. The van der Waals surface area contributed by atoms with Gasteiger partial charge < -0.3 is 9.47 Å². The molecule has 3 aromatic carbocycles. The van der Waals surface area contributed by atoms with E-state index < -0.39 is 0 Å². The summed E-state index contributed by atoms with van der Waals surface area (Å²) in [4.78, 5) is 13.3. The molecule has 0 radical (unpaired) electrons. The van der Waals surface area contributed by atoms with E-state index in [-0.39, 0.29) is 5.78 Å². The Bertz CT molecular complexity index is 1000. The first-order valence-electron chi connectivity index (χ1n) is 8.40. The number of benzene rings is 3. The van der Waals surface area contributed by atoms with Gasteiger partial charge in [0.15, 0.2) is 5.78 Å². The van der Waals surface area contributed by atoms with Gasteiger partial charge in [0.25, 0.3) is 0 Å². The number of fused-ring (bicyclic) bond motifs is 1. The van der Waals surface area contributed by atoms with Gasteiger partial charge in [-0.05, 0) is 17.2 Å². The highest BCUT2D eigenvalue weighted by atomic mass is 16.5. The molecule has 1 aliphatic carbocycles. The molecule has 128 valence electrons. The summed E-state index contributed by atoms with van der Waals surface area (Å²) in [5.41, 5.74) is 4.91. The van der Waals surface area contributed by atoms with E-state index >= 15 is 0 Å². The van der Waals surface area contributed by atoms with Crippen LogP contribution in [0.5, 0.6) is 11.5 Å². The van der Waals surface area contributed by atoms with Crippen LogP contribution in [-0.2, 0) is 0 Å². The lowest BCUT2D eigenvalue weighted by Crippen LogP contribution is -2.00. The lowest BCUT2D eigenvalue weighted by Gasteiger charge is -2.13. The summed E-state index contributed by atoms with van der Waals surface area (Å²) in [6.07, 6.45) is 0. The molecule has 0 aliphatic heterocycles. The molecule has 0 atom stereocenters. The summed E-state index contributed by atoms with van der Waals surface area (Å²) in [6, 6.07) is 23.3. The molecule has 1 aliphatic rings. The van der Waals surface area contributed by atoms with Gasteiger partial charge in [0.2, 0.25) is 0 Å². The quantitative estimate of drug-likeness (QED) is 0.679. The highest BCUT2D eigenvalue weighted by Gasteiger charge is 2.34. The summed E-state index contributed by atoms with van der Waals surface area (Å²) in [5, 5.41) is 0. The van der Waals surface area contributed by atoms with Gasteiger partial charge in [-0.1, -0.05) is 60.7 Å². The number of carbonyl (C=O) groups excluding carboxylic acids is 1. The van der Waals surface area contributed by atoms with Crippen molar-refractivity contribution in [3.63, 3.8) is 0 Å². The number of rotatable bonds is 4. The third-order valence-corrected chi connectivity index (χ3v) is 4.63. The number of methoxy groups -OCH3 is 2. The van der Waals surface area contributed by atoms with E-state index in [1.54, 1.807) is 20.3 Å². The Balaban J connectivity index is 2.07. The van der Waals surface area contributed by atoms with Gasteiger partial charge in [-0.15, -0.1) is 0 Å². The molecule has 0 amide bonds. The molecular formula is C23H18O3. The second kappa shape index (κ2) is 6.52. The van der Waals surface area contributed by atoms with Gasteiger partial charge in [-0.25, -0.2) is 0 Å². The van der Waals surface area contributed by atoms with Crippen molar-refractivity contribution < 1.29 is 14.3 Å². The van der Waals surface area contributed by atoms with Crippen molar-refractivity contribution in [3.8, 4) is 11.5 Å². The molecule has 0 spiro atoms. The number of Topliss-reactive ketones (excluding diaryl/α,β-unsaturated/α-hetero) is 1. The standard InChI is InChI=1S/C23H18O3/c1-25-17-13-18-22(19(14-17)26-2)20(15-9-5-3-6-10-15)21(23(18)24)16-11-7-4-8-12-16/h3-14H,1-2H3. The maximum absolute atomic E-state index is 13.3. The highest BCUT2D eigenvalue weighted by molar-refractivity contribution is 6.42. The van der Waals surface area contributed by atoms with Gasteiger partial charge in [0, 0.05) is 28.3 Å². The van der Waals surface area contributed by atoms with Crippen molar-refractivity contribution in [2.45, 2.75) is 0 Å². The normalized spacial score (nSPS) is 12.9. The van der Waals surface area contributed by atoms with E-state index in [9.17, 15) is 4.79 Å². The van der Waals surface area contributed by atoms with Crippen LogP contribution in [0.2, 0.25) is 0 Å². The third-order valence-electron chi connectivity index (χ3n) is 4.63. The zero-order valence-electron chi connectivity index (χ0n) is 14.7. The van der Waals surface area contributed by atoms with Crippen molar-refractivity contribution in [2.24, 2.45) is 0 Å². The fourth-order valence-electron chi connectivity index (χ4n) is 3.45. The van der Waals surface area contributed by atoms with Crippen LogP contribution < -0.4 is 9.47 Å². The Hall–Kier alpha value is -3.33.